The lowest BCUT2D eigenvalue weighted by atomic mass is 9.83. The largest absolute Gasteiger partial charge is 0.477 e. The molecule has 0 bridgehead atoms. The summed E-state index contributed by atoms with van der Waals surface area (Å²) in [6.07, 6.45) is 2.90. The summed E-state index contributed by atoms with van der Waals surface area (Å²) in [7, 11) is 0. The molecule has 7 nitrogen and oxygen atoms in total. The molecule has 0 aliphatic carbocycles. The summed E-state index contributed by atoms with van der Waals surface area (Å²) in [5.74, 6) is -1.96. The number of carboxylic acids is 1. The minimum Gasteiger partial charge on any atom is -0.477 e. The van der Waals surface area contributed by atoms with Crippen LogP contribution in [0.1, 0.15) is 13.3 Å². The number of fused-ring (bicyclic) bond motifs is 1. The highest BCUT2D eigenvalue weighted by atomic mass is 32.2. The van der Waals surface area contributed by atoms with Crippen molar-refractivity contribution in [1.82, 2.24) is 14.9 Å². The van der Waals surface area contributed by atoms with Crippen LogP contribution in [-0.4, -0.2) is 49.1 Å². The Hall–Kier alpha value is -1.80. The molecule has 0 aromatic carbocycles. The summed E-state index contributed by atoms with van der Waals surface area (Å²) in [5, 5.41) is 19.5. The van der Waals surface area contributed by atoms with E-state index in [4.69, 9.17) is 0 Å². The van der Waals surface area contributed by atoms with Gasteiger partial charge in [-0.3, -0.25) is 4.79 Å². The quantitative estimate of drug-likeness (QED) is 0.695. The van der Waals surface area contributed by atoms with Crippen LogP contribution in [0, 0.1) is 5.92 Å². The van der Waals surface area contributed by atoms with E-state index in [0.717, 1.165) is 0 Å². The highest BCUT2D eigenvalue weighted by molar-refractivity contribution is 8.03. The SMILES string of the molecule is CC(O)C1C(=O)N2C(C(=O)O)=C(Sc3ncc[nH]3)CC12. The van der Waals surface area contributed by atoms with Crippen molar-refractivity contribution in [2.45, 2.75) is 30.6 Å². The van der Waals surface area contributed by atoms with Gasteiger partial charge < -0.3 is 20.1 Å². The normalized spacial score (nSPS) is 26.5. The van der Waals surface area contributed by atoms with Crippen LogP contribution in [0.25, 0.3) is 0 Å². The number of β-lactam (4-membered cyclic amide) rings is 1. The number of carbonyl (C=O) groups excluding carboxylic acids is 1. The molecule has 0 radical (unpaired) electrons. The standard InChI is InChI=1S/C12H13N3O4S/c1-5(16)8-6-4-7(20-12-13-2-3-14-12)9(11(18)19)15(6)10(8)17/h2-3,5-6,8,16H,4H2,1H3,(H,13,14)(H,18,19). The molecule has 1 fully saturated rings. The Morgan fingerprint density at radius 2 is 2.40 bits per heavy atom. The Bertz CT molecular complexity index is 596. The van der Waals surface area contributed by atoms with Gasteiger partial charge >= 0.3 is 5.97 Å². The monoisotopic (exact) mass is 295 g/mol. The molecule has 20 heavy (non-hydrogen) atoms. The Balaban J connectivity index is 1.89. The highest BCUT2D eigenvalue weighted by Crippen LogP contribution is 2.48. The van der Waals surface area contributed by atoms with Gasteiger partial charge in [-0.1, -0.05) is 11.8 Å². The minimum absolute atomic E-state index is 0.0123. The number of aliphatic hydroxyl groups is 1. The molecule has 0 saturated carbocycles. The molecule has 3 rings (SSSR count). The molecule has 106 valence electrons. The van der Waals surface area contributed by atoms with Crippen molar-refractivity contribution in [3.63, 3.8) is 0 Å². The van der Waals surface area contributed by atoms with Gasteiger partial charge in [0.05, 0.1) is 18.1 Å². The molecule has 1 amide bonds. The molecule has 3 atom stereocenters. The van der Waals surface area contributed by atoms with Crippen molar-refractivity contribution in [2.24, 2.45) is 5.92 Å². The summed E-state index contributed by atoms with van der Waals surface area (Å²) >= 11 is 1.21. The third-order valence-corrected chi connectivity index (χ3v) is 4.61. The number of aliphatic carboxylic acids is 1. The first-order valence-electron chi connectivity index (χ1n) is 6.15. The van der Waals surface area contributed by atoms with Gasteiger partial charge in [0.15, 0.2) is 5.16 Å². The number of hydrogen-bond acceptors (Lipinski definition) is 5. The average Bonchev–Trinajstić information content (AvgIpc) is 2.95. The fraction of sp³-hybridized carbons (Fsp3) is 0.417. The van der Waals surface area contributed by atoms with Gasteiger partial charge in [0.2, 0.25) is 5.91 Å². The van der Waals surface area contributed by atoms with Crippen LogP contribution in [0.3, 0.4) is 0 Å². The Morgan fingerprint density at radius 3 is 2.95 bits per heavy atom. The van der Waals surface area contributed by atoms with Crippen LogP contribution in [0.5, 0.6) is 0 Å². The van der Waals surface area contributed by atoms with Crippen molar-refractivity contribution >= 4 is 23.6 Å². The molecule has 3 heterocycles. The van der Waals surface area contributed by atoms with E-state index in [1.807, 2.05) is 0 Å². The number of thioether (sulfide) groups is 1. The number of H-pyrrole nitrogens is 1. The summed E-state index contributed by atoms with van der Waals surface area (Å²) < 4.78 is 0. The lowest BCUT2D eigenvalue weighted by Gasteiger charge is -2.44. The summed E-state index contributed by atoms with van der Waals surface area (Å²) in [5.41, 5.74) is 0.0123. The van der Waals surface area contributed by atoms with Crippen LogP contribution in [0.4, 0.5) is 0 Å². The minimum atomic E-state index is -1.13. The zero-order valence-electron chi connectivity index (χ0n) is 10.6. The zero-order chi connectivity index (χ0) is 14.4. The average molecular weight is 295 g/mol. The van der Waals surface area contributed by atoms with Crippen LogP contribution >= 0.6 is 11.8 Å². The van der Waals surface area contributed by atoms with Crippen molar-refractivity contribution in [3.05, 3.63) is 23.0 Å². The van der Waals surface area contributed by atoms with Crippen LogP contribution in [0.2, 0.25) is 0 Å². The predicted molar refractivity (Wildman–Crippen MR) is 69.5 cm³/mol. The van der Waals surface area contributed by atoms with Crippen LogP contribution < -0.4 is 0 Å². The molecule has 8 heteroatoms. The maximum atomic E-state index is 12.0. The Labute approximate surface area is 118 Å². The fourth-order valence-electron chi connectivity index (χ4n) is 2.75. The summed E-state index contributed by atoms with van der Waals surface area (Å²) in [4.78, 5) is 32.2. The number of rotatable bonds is 4. The first-order chi connectivity index (χ1) is 9.50. The number of nitrogens with one attached hydrogen (secondary N) is 1. The molecule has 1 saturated heterocycles. The fourth-order valence-corrected chi connectivity index (χ4v) is 3.76. The van der Waals surface area contributed by atoms with E-state index in [-0.39, 0.29) is 17.6 Å². The van der Waals surface area contributed by atoms with Crippen molar-refractivity contribution < 1.29 is 19.8 Å². The van der Waals surface area contributed by atoms with Gasteiger partial charge in [-0.05, 0) is 6.92 Å². The lowest BCUT2D eigenvalue weighted by Crippen LogP contribution is -2.61. The van der Waals surface area contributed by atoms with Gasteiger partial charge in [-0.2, -0.15) is 0 Å². The maximum absolute atomic E-state index is 12.0. The van der Waals surface area contributed by atoms with E-state index in [0.29, 0.717) is 16.5 Å². The van der Waals surface area contributed by atoms with Crippen molar-refractivity contribution in [3.8, 4) is 0 Å². The molecule has 0 spiro atoms. The summed E-state index contributed by atoms with van der Waals surface area (Å²) in [6.45, 7) is 1.55. The second kappa shape index (κ2) is 4.64. The maximum Gasteiger partial charge on any atom is 0.353 e. The number of hydrogen-bond donors (Lipinski definition) is 3. The first-order valence-corrected chi connectivity index (χ1v) is 6.97. The molecule has 3 N–H and O–H groups in total. The molecular weight excluding hydrogens is 282 g/mol. The Morgan fingerprint density at radius 1 is 1.65 bits per heavy atom. The second-order valence-corrected chi connectivity index (χ2v) is 5.90. The zero-order valence-corrected chi connectivity index (χ0v) is 11.4. The van der Waals surface area contributed by atoms with E-state index in [1.165, 1.54) is 16.7 Å². The number of aliphatic hydroxyl groups excluding tert-OH is 1. The second-order valence-electron chi connectivity index (χ2n) is 4.82. The van der Waals surface area contributed by atoms with Gasteiger partial charge in [0.25, 0.3) is 0 Å². The third kappa shape index (κ3) is 1.83. The van der Waals surface area contributed by atoms with Gasteiger partial charge in [0, 0.05) is 23.7 Å². The number of amides is 1. The third-order valence-electron chi connectivity index (χ3n) is 3.58. The smallest absolute Gasteiger partial charge is 0.353 e. The van der Waals surface area contributed by atoms with Gasteiger partial charge in [-0.15, -0.1) is 0 Å². The molecule has 3 unspecified atom stereocenters. The topological polar surface area (TPSA) is 107 Å². The van der Waals surface area contributed by atoms with E-state index in [1.54, 1.807) is 19.3 Å². The van der Waals surface area contributed by atoms with Crippen LogP contribution in [-0.2, 0) is 9.59 Å². The van der Waals surface area contributed by atoms with Gasteiger partial charge in [-0.25, -0.2) is 9.78 Å². The first kappa shape index (κ1) is 13.2. The van der Waals surface area contributed by atoms with E-state index in [2.05, 4.69) is 9.97 Å². The molecular formula is C12H13N3O4S. The summed E-state index contributed by atoms with van der Waals surface area (Å²) in [6, 6.07) is -0.258. The Kier molecular flexibility index (Phi) is 3.06. The highest BCUT2D eigenvalue weighted by Gasteiger charge is 2.56. The number of carbonyl (C=O) groups is 2. The van der Waals surface area contributed by atoms with Gasteiger partial charge in [0.1, 0.15) is 5.70 Å². The molecule has 1 aromatic heterocycles. The van der Waals surface area contributed by atoms with E-state index in [9.17, 15) is 19.8 Å². The number of carboxylic acid groups (broad SMARTS) is 1. The van der Waals surface area contributed by atoms with E-state index < -0.39 is 18.0 Å². The molecule has 2 aliphatic heterocycles. The number of aromatic amines is 1. The van der Waals surface area contributed by atoms with Crippen molar-refractivity contribution in [2.75, 3.05) is 0 Å². The van der Waals surface area contributed by atoms with Crippen molar-refractivity contribution in [1.29, 1.82) is 0 Å². The lowest BCUT2D eigenvalue weighted by molar-refractivity contribution is -0.161. The number of nitrogens with zero attached hydrogens (tertiary/aromatic N) is 2. The molecule has 1 aromatic rings. The van der Waals surface area contributed by atoms with Crippen LogP contribution in [0.15, 0.2) is 28.2 Å². The van der Waals surface area contributed by atoms with E-state index >= 15 is 0 Å². The molecule has 2 aliphatic rings. The number of aromatic nitrogens is 2. The predicted octanol–water partition coefficient (Wildman–Crippen LogP) is 0.409. The number of imidazole rings is 1.